The molecule has 100 valence electrons. The number of nitrogens with two attached hydrogens (primary N) is 1. The number of aromatic carboxylic acids is 1. The number of fused-ring (bicyclic) bond motifs is 1. The summed E-state index contributed by atoms with van der Waals surface area (Å²) >= 11 is 1.41. The van der Waals surface area contributed by atoms with Gasteiger partial charge in [-0.3, -0.25) is 0 Å². The Morgan fingerprint density at radius 2 is 1.80 bits per heavy atom. The van der Waals surface area contributed by atoms with E-state index in [9.17, 15) is 9.90 Å². The highest BCUT2D eigenvalue weighted by atomic mass is 32.1. The summed E-state index contributed by atoms with van der Waals surface area (Å²) in [5, 5.41) is 13.9. The Morgan fingerprint density at radius 1 is 1.10 bits per heavy atom. The Bertz CT molecular complexity index is 795. The fraction of sp³-hybridized carbons (Fsp3) is 0. The fourth-order valence-corrected chi connectivity index (χ4v) is 3.19. The second-order valence-corrected chi connectivity index (χ2v) is 5.37. The molecular weight excluding hydrogens is 272 g/mol. The first-order valence-corrected chi connectivity index (χ1v) is 6.85. The van der Waals surface area contributed by atoms with E-state index in [0.29, 0.717) is 16.4 Å². The summed E-state index contributed by atoms with van der Waals surface area (Å²) in [5.74, 6) is -0.945. The van der Waals surface area contributed by atoms with E-state index in [4.69, 9.17) is 5.73 Å². The number of carboxylic acid groups (broad SMARTS) is 1. The van der Waals surface area contributed by atoms with Gasteiger partial charge in [0.2, 0.25) is 0 Å². The van der Waals surface area contributed by atoms with Crippen LogP contribution in [0.15, 0.2) is 48.5 Å². The van der Waals surface area contributed by atoms with Crippen molar-refractivity contribution in [1.29, 1.82) is 0 Å². The van der Waals surface area contributed by atoms with E-state index in [1.165, 1.54) is 11.3 Å². The first-order chi connectivity index (χ1) is 9.66. The van der Waals surface area contributed by atoms with Gasteiger partial charge in [0.05, 0.1) is 11.4 Å². The van der Waals surface area contributed by atoms with Gasteiger partial charge in [-0.15, -0.1) is 11.3 Å². The first-order valence-electron chi connectivity index (χ1n) is 6.03. The highest BCUT2D eigenvalue weighted by Crippen LogP contribution is 2.38. The Morgan fingerprint density at radius 3 is 2.55 bits per heavy atom. The minimum absolute atomic E-state index is 0.286. The Kier molecular flexibility index (Phi) is 3.04. The summed E-state index contributed by atoms with van der Waals surface area (Å²) in [6, 6.07) is 14.7. The lowest BCUT2D eigenvalue weighted by Crippen LogP contribution is -2.01. The van der Waals surface area contributed by atoms with Crippen LogP contribution < -0.4 is 11.1 Å². The highest BCUT2D eigenvalue weighted by Gasteiger charge is 2.18. The van der Waals surface area contributed by atoms with Gasteiger partial charge in [0.1, 0.15) is 10.6 Å². The van der Waals surface area contributed by atoms with Crippen molar-refractivity contribution in [2.45, 2.75) is 0 Å². The van der Waals surface area contributed by atoms with Crippen LogP contribution >= 0.6 is 11.3 Å². The standard InChI is InChI=1S/C15H12N2O2S/c16-10-6-2-3-7-11(10)17-14-13(15(18)19)9-5-1-4-8-12(9)20-14/h1-8,17H,16H2,(H,18,19). The molecule has 0 atom stereocenters. The third-order valence-electron chi connectivity index (χ3n) is 3.02. The molecule has 0 aliphatic rings. The second-order valence-electron chi connectivity index (χ2n) is 4.32. The Hall–Kier alpha value is -2.53. The molecule has 0 aliphatic heterocycles. The molecule has 4 N–H and O–H groups in total. The summed E-state index contributed by atoms with van der Waals surface area (Å²) in [6.45, 7) is 0. The van der Waals surface area contributed by atoms with Crippen LogP contribution in [0, 0.1) is 0 Å². The van der Waals surface area contributed by atoms with Crippen molar-refractivity contribution in [2.75, 3.05) is 11.1 Å². The molecule has 0 fully saturated rings. The van der Waals surface area contributed by atoms with Crippen molar-refractivity contribution in [3.05, 3.63) is 54.1 Å². The topological polar surface area (TPSA) is 75.3 Å². The zero-order valence-corrected chi connectivity index (χ0v) is 11.3. The third kappa shape index (κ3) is 2.08. The first kappa shape index (κ1) is 12.5. The molecule has 5 heteroatoms. The highest BCUT2D eigenvalue weighted by molar-refractivity contribution is 7.23. The van der Waals surface area contributed by atoms with Crippen molar-refractivity contribution in [2.24, 2.45) is 0 Å². The molecule has 3 rings (SSSR count). The summed E-state index contributed by atoms with van der Waals surface area (Å²) in [6.07, 6.45) is 0. The maximum atomic E-state index is 11.5. The molecule has 20 heavy (non-hydrogen) atoms. The van der Waals surface area contributed by atoms with Gasteiger partial charge in [0.25, 0.3) is 0 Å². The number of thiophene rings is 1. The molecule has 1 heterocycles. The van der Waals surface area contributed by atoms with Crippen LogP contribution in [0.25, 0.3) is 10.1 Å². The minimum Gasteiger partial charge on any atom is -0.478 e. The molecule has 1 aromatic heterocycles. The van der Waals surface area contributed by atoms with E-state index in [2.05, 4.69) is 5.32 Å². The molecule has 0 bridgehead atoms. The van der Waals surface area contributed by atoms with Crippen LogP contribution in [0.1, 0.15) is 10.4 Å². The second kappa shape index (κ2) is 4.86. The number of anilines is 3. The van der Waals surface area contributed by atoms with Crippen LogP contribution in [0.4, 0.5) is 16.4 Å². The fourth-order valence-electron chi connectivity index (χ4n) is 2.08. The lowest BCUT2D eigenvalue weighted by molar-refractivity contribution is 0.0700. The van der Waals surface area contributed by atoms with E-state index in [1.54, 1.807) is 6.07 Å². The molecule has 0 radical (unpaired) electrons. The molecule has 0 saturated carbocycles. The van der Waals surface area contributed by atoms with Crippen LogP contribution in [0.3, 0.4) is 0 Å². The molecule has 2 aromatic carbocycles. The van der Waals surface area contributed by atoms with Crippen LogP contribution in [-0.4, -0.2) is 11.1 Å². The molecule has 4 nitrogen and oxygen atoms in total. The number of nitrogen functional groups attached to an aromatic ring is 1. The maximum Gasteiger partial charge on any atom is 0.339 e. The summed E-state index contributed by atoms with van der Waals surface area (Å²) < 4.78 is 0.932. The lowest BCUT2D eigenvalue weighted by atomic mass is 10.1. The normalized spacial score (nSPS) is 10.6. The molecule has 0 unspecified atom stereocenters. The van der Waals surface area contributed by atoms with E-state index >= 15 is 0 Å². The number of benzene rings is 2. The summed E-state index contributed by atoms with van der Waals surface area (Å²) in [4.78, 5) is 11.5. The predicted octanol–water partition coefficient (Wildman–Crippen LogP) is 3.93. The number of carboxylic acids is 1. The number of carbonyl (C=O) groups is 1. The SMILES string of the molecule is Nc1ccccc1Nc1sc2ccccc2c1C(=O)O. The van der Waals surface area contributed by atoms with Crippen LogP contribution in [0.2, 0.25) is 0 Å². The smallest absolute Gasteiger partial charge is 0.339 e. The average molecular weight is 284 g/mol. The number of hydrogen-bond donors (Lipinski definition) is 3. The van der Waals surface area contributed by atoms with E-state index in [-0.39, 0.29) is 5.56 Å². The number of rotatable bonds is 3. The van der Waals surface area contributed by atoms with Crippen molar-refractivity contribution in [1.82, 2.24) is 0 Å². The summed E-state index contributed by atoms with van der Waals surface area (Å²) in [7, 11) is 0. The van der Waals surface area contributed by atoms with E-state index in [1.807, 2.05) is 42.5 Å². The number of hydrogen-bond acceptors (Lipinski definition) is 4. The quantitative estimate of drug-likeness (QED) is 0.637. The monoisotopic (exact) mass is 284 g/mol. The van der Waals surface area contributed by atoms with Gasteiger partial charge < -0.3 is 16.2 Å². The minimum atomic E-state index is -0.945. The number of para-hydroxylation sites is 2. The zero-order valence-electron chi connectivity index (χ0n) is 10.5. The van der Waals surface area contributed by atoms with Crippen molar-refractivity contribution in [3.63, 3.8) is 0 Å². The molecule has 0 saturated heterocycles. The number of nitrogens with one attached hydrogen (secondary N) is 1. The molecule has 0 amide bonds. The largest absolute Gasteiger partial charge is 0.478 e. The van der Waals surface area contributed by atoms with Crippen molar-refractivity contribution >= 4 is 43.8 Å². The Labute approximate surface area is 119 Å². The molecule has 3 aromatic rings. The zero-order chi connectivity index (χ0) is 14.1. The van der Waals surface area contributed by atoms with Crippen LogP contribution in [-0.2, 0) is 0 Å². The molecular formula is C15H12N2O2S. The van der Waals surface area contributed by atoms with Crippen LogP contribution in [0.5, 0.6) is 0 Å². The van der Waals surface area contributed by atoms with Crippen molar-refractivity contribution in [3.8, 4) is 0 Å². The summed E-state index contributed by atoms with van der Waals surface area (Å²) in [5.41, 5.74) is 7.46. The average Bonchev–Trinajstić information content (AvgIpc) is 2.79. The van der Waals surface area contributed by atoms with Gasteiger partial charge in [0, 0.05) is 10.1 Å². The molecule has 0 aliphatic carbocycles. The maximum absolute atomic E-state index is 11.5. The van der Waals surface area contributed by atoms with E-state index in [0.717, 1.165) is 10.1 Å². The predicted molar refractivity (Wildman–Crippen MR) is 82.9 cm³/mol. The van der Waals surface area contributed by atoms with Crippen molar-refractivity contribution < 1.29 is 9.90 Å². The van der Waals surface area contributed by atoms with Gasteiger partial charge in [-0.2, -0.15) is 0 Å². The van der Waals surface area contributed by atoms with Gasteiger partial charge in [-0.1, -0.05) is 30.3 Å². The van der Waals surface area contributed by atoms with Gasteiger partial charge in [0.15, 0.2) is 0 Å². The van der Waals surface area contributed by atoms with Gasteiger partial charge >= 0.3 is 5.97 Å². The van der Waals surface area contributed by atoms with E-state index < -0.39 is 5.97 Å². The third-order valence-corrected chi connectivity index (χ3v) is 4.10. The molecule has 0 spiro atoms. The van der Waals surface area contributed by atoms with Gasteiger partial charge in [-0.25, -0.2) is 4.79 Å². The lowest BCUT2D eigenvalue weighted by Gasteiger charge is -2.07. The Balaban J connectivity index is 2.14. The van der Waals surface area contributed by atoms with Gasteiger partial charge in [-0.05, 0) is 18.2 Å².